The van der Waals surface area contributed by atoms with E-state index in [0.717, 1.165) is 29.2 Å². The highest BCUT2D eigenvalue weighted by molar-refractivity contribution is 7.13. The van der Waals surface area contributed by atoms with E-state index in [0.29, 0.717) is 29.7 Å². The predicted octanol–water partition coefficient (Wildman–Crippen LogP) is 3.34. The van der Waals surface area contributed by atoms with Crippen LogP contribution in [0.1, 0.15) is 12.1 Å². The van der Waals surface area contributed by atoms with Crippen LogP contribution < -0.4 is 14.8 Å². The highest BCUT2D eigenvalue weighted by atomic mass is 35.5. The lowest BCUT2D eigenvalue weighted by Crippen LogP contribution is -2.04. The third-order valence-corrected chi connectivity index (χ3v) is 4.18. The van der Waals surface area contributed by atoms with Crippen molar-refractivity contribution < 1.29 is 9.47 Å². The summed E-state index contributed by atoms with van der Waals surface area (Å²) in [6, 6.07) is 3.84. The van der Waals surface area contributed by atoms with E-state index in [4.69, 9.17) is 21.1 Å². The molecular formula is C14H15ClN2O2S. The fourth-order valence-corrected chi connectivity index (χ4v) is 3.13. The zero-order valence-corrected chi connectivity index (χ0v) is 12.7. The highest BCUT2D eigenvalue weighted by Gasteiger charge is 2.17. The van der Waals surface area contributed by atoms with Gasteiger partial charge >= 0.3 is 0 Å². The van der Waals surface area contributed by atoms with Gasteiger partial charge in [0.1, 0.15) is 5.01 Å². The lowest BCUT2D eigenvalue weighted by atomic mass is 10.2. The number of halogens is 1. The average molecular weight is 311 g/mol. The third-order valence-electron chi connectivity index (χ3n) is 2.96. The molecular weight excluding hydrogens is 296 g/mol. The van der Waals surface area contributed by atoms with Crippen LogP contribution in [-0.2, 0) is 6.54 Å². The summed E-state index contributed by atoms with van der Waals surface area (Å²) < 4.78 is 11.3. The second kappa shape index (κ2) is 5.99. The molecule has 0 atom stereocenters. The van der Waals surface area contributed by atoms with Gasteiger partial charge in [0.15, 0.2) is 11.5 Å². The Kier molecular flexibility index (Phi) is 4.10. The summed E-state index contributed by atoms with van der Waals surface area (Å²) in [6.45, 7) is 2.04. The quantitative estimate of drug-likeness (QED) is 0.944. The standard InChI is InChI=1S/C14H15ClN2O2S/c1-16-7-10-8-20-14(17-10)9-5-11(15)13-12(6-9)18-3-2-4-19-13/h5-6,8,16H,2-4,7H2,1H3. The zero-order valence-electron chi connectivity index (χ0n) is 11.1. The molecule has 0 fully saturated rings. The normalized spacial score (nSPS) is 14.1. The minimum absolute atomic E-state index is 0.574. The lowest BCUT2D eigenvalue weighted by molar-refractivity contribution is 0.297. The number of aromatic nitrogens is 1. The molecule has 106 valence electrons. The Morgan fingerprint density at radius 3 is 3.05 bits per heavy atom. The van der Waals surface area contributed by atoms with E-state index < -0.39 is 0 Å². The topological polar surface area (TPSA) is 43.4 Å². The largest absolute Gasteiger partial charge is 0.489 e. The van der Waals surface area contributed by atoms with Crippen LogP contribution in [0, 0.1) is 0 Å². The van der Waals surface area contributed by atoms with Gasteiger partial charge in [-0.15, -0.1) is 11.3 Å². The van der Waals surface area contributed by atoms with Crippen LogP contribution in [0.3, 0.4) is 0 Å². The fraction of sp³-hybridized carbons (Fsp3) is 0.357. The molecule has 1 N–H and O–H groups in total. The number of hydrogen-bond acceptors (Lipinski definition) is 5. The van der Waals surface area contributed by atoms with E-state index in [1.165, 1.54) is 0 Å². The maximum absolute atomic E-state index is 6.30. The fourth-order valence-electron chi connectivity index (χ4n) is 2.06. The molecule has 1 aromatic heterocycles. The Morgan fingerprint density at radius 1 is 1.35 bits per heavy atom. The van der Waals surface area contributed by atoms with Crippen molar-refractivity contribution >= 4 is 22.9 Å². The van der Waals surface area contributed by atoms with Crippen LogP contribution in [-0.4, -0.2) is 25.2 Å². The molecule has 1 aliphatic rings. The van der Waals surface area contributed by atoms with Crippen molar-refractivity contribution in [1.29, 1.82) is 0 Å². The number of nitrogens with zero attached hydrogens (tertiary/aromatic N) is 1. The number of fused-ring (bicyclic) bond motifs is 1. The van der Waals surface area contributed by atoms with Crippen molar-refractivity contribution in [1.82, 2.24) is 10.3 Å². The Labute approximate surface area is 126 Å². The van der Waals surface area contributed by atoms with Crippen molar-refractivity contribution in [3.8, 4) is 22.1 Å². The number of ether oxygens (including phenoxy) is 2. The molecule has 0 spiro atoms. The smallest absolute Gasteiger partial charge is 0.179 e. The summed E-state index contributed by atoms with van der Waals surface area (Å²) in [5.74, 6) is 1.34. The summed E-state index contributed by atoms with van der Waals surface area (Å²) in [5.41, 5.74) is 1.99. The number of hydrogen-bond donors (Lipinski definition) is 1. The van der Waals surface area contributed by atoms with Gasteiger partial charge in [-0.05, 0) is 19.2 Å². The van der Waals surface area contributed by atoms with Crippen LogP contribution >= 0.6 is 22.9 Å². The molecule has 1 aromatic carbocycles. The first-order chi connectivity index (χ1) is 9.78. The molecule has 0 amide bonds. The maximum atomic E-state index is 6.30. The molecule has 0 bridgehead atoms. The molecule has 0 saturated heterocycles. The van der Waals surface area contributed by atoms with E-state index >= 15 is 0 Å². The van der Waals surface area contributed by atoms with Crippen molar-refractivity contribution in [2.24, 2.45) is 0 Å². The maximum Gasteiger partial charge on any atom is 0.179 e. The summed E-state index contributed by atoms with van der Waals surface area (Å²) in [6.07, 6.45) is 0.865. The Bertz CT molecular complexity index is 615. The molecule has 0 radical (unpaired) electrons. The van der Waals surface area contributed by atoms with E-state index in [1.54, 1.807) is 11.3 Å². The molecule has 3 rings (SSSR count). The van der Waals surface area contributed by atoms with Gasteiger partial charge in [0.2, 0.25) is 0 Å². The first-order valence-corrected chi connectivity index (χ1v) is 7.72. The van der Waals surface area contributed by atoms with Crippen molar-refractivity contribution in [2.75, 3.05) is 20.3 Å². The van der Waals surface area contributed by atoms with Gasteiger partial charge in [-0.25, -0.2) is 4.98 Å². The highest BCUT2D eigenvalue weighted by Crippen LogP contribution is 2.41. The van der Waals surface area contributed by atoms with Crippen LogP contribution in [0.4, 0.5) is 0 Å². The molecule has 4 nitrogen and oxygen atoms in total. The van der Waals surface area contributed by atoms with E-state index in [-0.39, 0.29) is 0 Å². The van der Waals surface area contributed by atoms with Crippen molar-refractivity contribution in [2.45, 2.75) is 13.0 Å². The molecule has 6 heteroatoms. The van der Waals surface area contributed by atoms with Crippen LogP contribution in [0.25, 0.3) is 10.6 Å². The minimum atomic E-state index is 0.574. The van der Waals surface area contributed by atoms with Gasteiger partial charge in [-0.1, -0.05) is 11.6 Å². The SMILES string of the molecule is CNCc1csc(-c2cc(Cl)c3c(c2)OCCCO3)n1. The monoisotopic (exact) mass is 310 g/mol. The molecule has 2 aromatic rings. The first kappa shape index (κ1) is 13.7. The Morgan fingerprint density at radius 2 is 2.20 bits per heavy atom. The number of thiazole rings is 1. The zero-order chi connectivity index (χ0) is 13.9. The van der Waals surface area contributed by atoms with Crippen molar-refractivity contribution in [3.05, 3.63) is 28.2 Å². The second-order valence-electron chi connectivity index (χ2n) is 4.51. The molecule has 20 heavy (non-hydrogen) atoms. The van der Waals surface area contributed by atoms with Gasteiger partial charge in [-0.3, -0.25) is 0 Å². The van der Waals surface area contributed by atoms with E-state index in [2.05, 4.69) is 10.3 Å². The Balaban J connectivity index is 1.97. The lowest BCUT2D eigenvalue weighted by Gasteiger charge is -2.10. The van der Waals surface area contributed by atoms with Crippen LogP contribution in [0.2, 0.25) is 5.02 Å². The third kappa shape index (κ3) is 2.75. The summed E-state index contributed by atoms with van der Waals surface area (Å²) in [7, 11) is 1.91. The second-order valence-corrected chi connectivity index (χ2v) is 5.78. The predicted molar refractivity (Wildman–Crippen MR) is 80.9 cm³/mol. The van der Waals surface area contributed by atoms with Gasteiger partial charge in [0.05, 0.1) is 23.9 Å². The van der Waals surface area contributed by atoms with Gasteiger partial charge in [0, 0.05) is 23.9 Å². The summed E-state index contributed by atoms with van der Waals surface area (Å²) in [4.78, 5) is 4.58. The number of nitrogens with one attached hydrogen (secondary N) is 1. The van der Waals surface area contributed by atoms with Crippen LogP contribution in [0.5, 0.6) is 11.5 Å². The summed E-state index contributed by atoms with van der Waals surface area (Å²) >= 11 is 7.90. The van der Waals surface area contributed by atoms with E-state index in [9.17, 15) is 0 Å². The van der Waals surface area contributed by atoms with Crippen LogP contribution in [0.15, 0.2) is 17.5 Å². The number of benzene rings is 1. The summed E-state index contributed by atoms with van der Waals surface area (Å²) in [5, 5.41) is 6.65. The average Bonchev–Trinajstić information content (AvgIpc) is 2.76. The number of rotatable bonds is 3. The Hall–Kier alpha value is -1.30. The van der Waals surface area contributed by atoms with Gasteiger partial charge in [-0.2, -0.15) is 0 Å². The molecule has 2 heterocycles. The molecule has 0 saturated carbocycles. The van der Waals surface area contributed by atoms with Crippen molar-refractivity contribution in [3.63, 3.8) is 0 Å². The van der Waals surface area contributed by atoms with Gasteiger partial charge in [0.25, 0.3) is 0 Å². The van der Waals surface area contributed by atoms with E-state index in [1.807, 2.05) is 24.6 Å². The molecule has 0 aliphatic carbocycles. The molecule has 0 unspecified atom stereocenters. The molecule has 1 aliphatic heterocycles. The van der Waals surface area contributed by atoms with Gasteiger partial charge < -0.3 is 14.8 Å². The minimum Gasteiger partial charge on any atom is -0.489 e. The first-order valence-electron chi connectivity index (χ1n) is 6.46.